The van der Waals surface area contributed by atoms with Crippen LogP contribution in [-0.2, 0) is 0 Å². The Labute approximate surface area is 76.0 Å². The van der Waals surface area contributed by atoms with Gasteiger partial charge in [-0.15, -0.1) is 0 Å². The topological polar surface area (TPSA) is 12.9 Å². The van der Waals surface area contributed by atoms with Crippen molar-refractivity contribution in [3.8, 4) is 0 Å². The minimum atomic E-state index is 1.13. The van der Waals surface area contributed by atoms with Crippen molar-refractivity contribution in [1.29, 1.82) is 0 Å². The Kier molecular flexibility index (Phi) is 2.36. The number of aryl methyl sites for hydroxylation is 2. The first-order valence-corrected chi connectivity index (χ1v) is 4.51. The third-order valence-corrected chi connectivity index (χ3v) is 3.39. The Bertz CT molecular complexity index is 266. The molecule has 0 saturated heterocycles. The van der Waals surface area contributed by atoms with Gasteiger partial charge >= 0.3 is 75.7 Å². The van der Waals surface area contributed by atoms with Gasteiger partial charge in [0.2, 0.25) is 0 Å². The summed E-state index contributed by atoms with van der Waals surface area (Å²) in [5.41, 5.74) is 4.80. The van der Waals surface area contributed by atoms with Crippen molar-refractivity contribution in [2.45, 2.75) is 27.7 Å². The third kappa shape index (κ3) is 1.47. The van der Waals surface area contributed by atoms with E-state index in [4.69, 9.17) is 0 Å². The summed E-state index contributed by atoms with van der Waals surface area (Å²) in [5.74, 6) is 0. The number of hydrogen-bond donors (Lipinski definition) is 0. The van der Waals surface area contributed by atoms with Crippen molar-refractivity contribution in [3.05, 3.63) is 22.5 Å². The van der Waals surface area contributed by atoms with Crippen LogP contribution >= 0.6 is 0 Å². The van der Waals surface area contributed by atoms with Crippen molar-refractivity contribution in [3.63, 3.8) is 0 Å². The number of nitrogens with zero attached hydrogens (tertiary/aromatic N) is 1. The van der Waals surface area contributed by atoms with Crippen LogP contribution in [0.15, 0.2) is 0 Å². The van der Waals surface area contributed by atoms with Gasteiger partial charge in [0.25, 0.3) is 0 Å². The summed E-state index contributed by atoms with van der Waals surface area (Å²) in [6.07, 6.45) is 0. The fraction of sp³-hybridized carbons (Fsp3) is 0.444. The molecule has 1 aromatic rings. The fourth-order valence-corrected chi connectivity index (χ4v) is 1.65. The molecule has 2 heteroatoms. The summed E-state index contributed by atoms with van der Waals surface area (Å²) in [4.78, 5) is 4.41. The zero-order chi connectivity index (χ0) is 8.59. The van der Waals surface area contributed by atoms with Crippen LogP contribution in [0.5, 0.6) is 0 Å². The molecule has 0 unspecified atom stereocenters. The van der Waals surface area contributed by atoms with Crippen LogP contribution in [0.25, 0.3) is 0 Å². The molecule has 0 aliphatic heterocycles. The van der Waals surface area contributed by atoms with Gasteiger partial charge in [0, 0.05) is 0 Å². The summed E-state index contributed by atoms with van der Waals surface area (Å²) in [5, 5.41) is 0. The SMILES string of the molecule is Cc1nc(C)c(C)c([Se])c1C. The van der Waals surface area contributed by atoms with E-state index in [1.165, 1.54) is 15.6 Å². The maximum atomic E-state index is 4.41. The number of pyridine rings is 1. The van der Waals surface area contributed by atoms with E-state index in [0.717, 1.165) is 11.4 Å². The molecule has 0 aromatic carbocycles. The van der Waals surface area contributed by atoms with Gasteiger partial charge < -0.3 is 0 Å². The van der Waals surface area contributed by atoms with Gasteiger partial charge in [0.1, 0.15) is 0 Å². The Hall–Kier alpha value is -0.331. The van der Waals surface area contributed by atoms with Crippen LogP contribution in [0.1, 0.15) is 22.5 Å². The number of aromatic nitrogens is 1. The van der Waals surface area contributed by atoms with Gasteiger partial charge in [0.05, 0.1) is 0 Å². The molecule has 0 aliphatic carbocycles. The van der Waals surface area contributed by atoms with Crippen LogP contribution in [-0.4, -0.2) is 21.0 Å². The Balaban J connectivity index is 3.46. The van der Waals surface area contributed by atoms with Crippen molar-refractivity contribution in [1.82, 2.24) is 4.98 Å². The van der Waals surface area contributed by atoms with Crippen LogP contribution < -0.4 is 4.46 Å². The van der Waals surface area contributed by atoms with Crippen molar-refractivity contribution in [2.75, 3.05) is 0 Å². The number of hydrogen-bond acceptors (Lipinski definition) is 1. The van der Waals surface area contributed by atoms with E-state index in [0.29, 0.717) is 0 Å². The minimum absolute atomic E-state index is 1.13. The van der Waals surface area contributed by atoms with Crippen LogP contribution in [0.2, 0.25) is 0 Å². The number of rotatable bonds is 0. The van der Waals surface area contributed by atoms with Crippen molar-refractivity contribution in [2.24, 2.45) is 0 Å². The van der Waals surface area contributed by atoms with Gasteiger partial charge in [-0.05, 0) is 0 Å². The van der Waals surface area contributed by atoms with E-state index < -0.39 is 0 Å². The van der Waals surface area contributed by atoms with Gasteiger partial charge in [-0.25, -0.2) is 0 Å². The molecular weight excluding hydrogens is 201 g/mol. The molecule has 0 fully saturated rings. The average Bonchev–Trinajstić information content (AvgIpc) is 1.97. The molecule has 0 saturated carbocycles. The normalized spacial score (nSPS) is 10.2. The molecule has 0 bridgehead atoms. The van der Waals surface area contributed by atoms with E-state index in [-0.39, 0.29) is 0 Å². The van der Waals surface area contributed by atoms with Crippen LogP contribution in [0.3, 0.4) is 0 Å². The van der Waals surface area contributed by atoms with E-state index in [9.17, 15) is 0 Å². The molecule has 0 spiro atoms. The monoisotopic (exact) mass is 214 g/mol. The van der Waals surface area contributed by atoms with Crippen LogP contribution in [0.4, 0.5) is 0 Å². The van der Waals surface area contributed by atoms with E-state index >= 15 is 0 Å². The molecule has 0 amide bonds. The molecule has 0 atom stereocenters. The molecule has 11 heavy (non-hydrogen) atoms. The molecular formula is C9H12NSe. The second-order valence-corrected chi connectivity index (χ2v) is 3.72. The predicted octanol–water partition coefficient (Wildman–Crippen LogP) is 1.11. The zero-order valence-corrected chi connectivity index (χ0v) is 9.07. The van der Waals surface area contributed by atoms with Gasteiger partial charge in [-0.2, -0.15) is 0 Å². The summed E-state index contributed by atoms with van der Waals surface area (Å²) in [7, 11) is 0. The standard InChI is InChI=1S/C9H12NSe/c1-5-7(3)10-8(4)6(2)9(5)11/h1-4H3. The molecule has 0 aliphatic rings. The molecule has 0 N–H and O–H groups in total. The second-order valence-electron chi connectivity index (χ2n) is 2.86. The first kappa shape index (κ1) is 8.76. The second kappa shape index (κ2) is 2.96. The Morgan fingerprint density at radius 3 is 1.64 bits per heavy atom. The summed E-state index contributed by atoms with van der Waals surface area (Å²) in [6, 6.07) is 0. The van der Waals surface area contributed by atoms with Crippen molar-refractivity contribution < 1.29 is 0 Å². The molecule has 1 radical (unpaired) electrons. The Morgan fingerprint density at radius 1 is 0.909 bits per heavy atom. The maximum absolute atomic E-state index is 4.41. The van der Waals surface area contributed by atoms with Gasteiger partial charge in [-0.1, -0.05) is 0 Å². The van der Waals surface area contributed by atoms with Crippen LogP contribution in [0, 0.1) is 27.7 Å². The Morgan fingerprint density at radius 2 is 1.27 bits per heavy atom. The van der Waals surface area contributed by atoms with Crippen molar-refractivity contribution >= 4 is 20.5 Å². The molecule has 1 rings (SSSR count). The third-order valence-electron chi connectivity index (χ3n) is 2.10. The van der Waals surface area contributed by atoms with E-state index in [2.05, 4.69) is 34.8 Å². The zero-order valence-electron chi connectivity index (χ0n) is 7.36. The van der Waals surface area contributed by atoms with E-state index in [1.807, 2.05) is 13.8 Å². The summed E-state index contributed by atoms with van der Waals surface area (Å²) >= 11 is 3.08. The quantitative estimate of drug-likeness (QED) is 0.588. The van der Waals surface area contributed by atoms with Gasteiger partial charge in [-0.3, -0.25) is 0 Å². The summed E-state index contributed by atoms with van der Waals surface area (Å²) in [6.45, 7) is 8.28. The predicted molar refractivity (Wildman–Crippen MR) is 48.6 cm³/mol. The first-order chi connectivity index (χ1) is 5.04. The molecule has 1 nitrogen and oxygen atoms in total. The summed E-state index contributed by atoms with van der Waals surface area (Å²) < 4.78 is 1.26. The first-order valence-electron chi connectivity index (χ1n) is 3.65. The fourth-order valence-electron chi connectivity index (χ4n) is 1.03. The average molecular weight is 213 g/mol. The molecule has 1 heterocycles. The van der Waals surface area contributed by atoms with E-state index in [1.54, 1.807) is 0 Å². The molecule has 59 valence electrons. The molecule has 1 aromatic heterocycles. The van der Waals surface area contributed by atoms with Gasteiger partial charge in [0.15, 0.2) is 0 Å².